The van der Waals surface area contributed by atoms with Crippen LogP contribution in [0, 0.1) is 0 Å². The van der Waals surface area contributed by atoms with Crippen LogP contribution >= 0.6 is 0 Å². The predicted molar refractivity (Wildman–Crippen MR) is 72.3 cm³/mol. The molecule has 0 aliphatic carbocycles. The van der Waals surface area contributed by atoms with Crippen LogP contribution in [0.5, 0.6) is 0 Å². The van der Waals surface area contributed by atoms with Crippen molar-refractivity contribution in [1.29, 1.82) is 0 Å². The summed E-state index contributed by atoms with van der Waals surface area (Å²) in [6.45, 7) is 1.49. The van der Waals surface area contributed by atoms with Crippen LogP contribution in [0.15, 0.2) is 30.3 Å². The van der Waals surface area contributed by atoms with Crippen molar-refractivity contribution < 1.29 is 9.59 Å². The molecule has 1 aromatic rings. The van der Waals surface area contributed by atoms with Crippen molar-refractivity contribution in [3.8, 4) is 0 Å². The third-order valence-electron chi connectivity index (χ3n) is 3.24. The molecule has 19 heavy (non-hydrogen) atoms. The van der Waals surface area contributed by atoms with Gasteiger partial charge in [0, 0.05) is 26.1 Å². The van der Waals surface area contributed by atoms with E-state index in [2.05, 4.69) is 5.32 Å². The number of carbonyl (C=O) groups excluding carboxylic acids is 2. The molecule has 1 saturated heterocycles. The van der Waals surface area contributed by atoms with Gasteiger partial charge in [0.1, 0.15) is 0 Å². The zero-order valence-corrected chi connectivity index (χ0v) is 10.8. The largest absolute Gasteiger partial charge is 0.354 e. The van der Waals surface area contributed by atoms with Crippen LogP contribution in [-0.2, 0) is 16.0 Å². The second-order valence-corrected chi connectivity index (χ2v) is 4.72. The van der Waals surface area contributed by atoms with Gasteiger partial charge in [-0.2, -0.15) is 0 Å². The number of rotatable bonds is 3. The highest BCUT2D eigenvalue weighted by molar-refractivity contribution is 5.83. The van der Waals surface area contributed by atoms with E-state index in [1.54, 1.807) is 4.90 Å². The second-order valence-electron chi connectivity index (χ2n) is 4.72. The summed E-state index contributed by atoms with van der Waals surface area (Å²) in [4.78, 5) is 25.1. The maximum absolute atomic E-state index is 12.2. The third kappa shape index (κ3) is 3.79. The van der Waals surface area contributed by atoms with E-state index in [1.165, 1.54) is 0 Å². The van der Waals surface area contributed by atoms with E-state index in [9.17, 15) is 9.59 Å². The first kappa shape index (κ1) is 13.5. The average Bonchev–Trinajstić information content (AvgIpc) is 2.64. The minimum absolute atomic E-state index is 0.00747. The lowest BCUT2D eigenvalue weighted by Gasteiger charge is -2.23. The summed E-state index contributed by atoms with van der Waals surface area (Å²) < 4.78 is 0. The highest BCUT2D eigenvalue weighted by Gasteiger charge is 2.23. The van der Waals surface area contributed by atoms with Crippen LogP contribution in [0.3, 0.4) is 0 Å². The molecule has 0 bridgehead atoms. The lowest BCUT2D eigenvalue weighted by molar-refractivity contribution is -0.132. The van der Waals surface area contributed by atoms with E-state index in [4.69, 9.17) is 5.73 Å². The van der Waals surface area contributed by atoms with Crippen molar-refractivity contribution >= 4 is 11.8 Å². The molecule has 2 rings (SSSR count). The molecule has 0 spiro atoms. The standard InChI is InChI=1S/C14H19N3O2/c15-12(10-11-4-2-1-3-5-11)14(19)17-8-6-13(18)16-7-9-17/h1-5,12H,6-10,15H2,(H,16,18)/t12-/m0/s1. The summed E-state index contributed by atoms with van der Waals surface area (Å²) >= 11 is 0. The smallest absolute Gasteiger partial charge is 0.239 e. The van der Waals surface area contributed by atoms with E-state index in [1.807, 2.05) is 30.3 Å². The van der Waals surface area contributed by atoms with Crippen LogP contribution in [-0.4, -0.2) is 42.4 Å². The molecular weight excluding hydrogens is 242 g/mol. The van der Waals surface area contributed by atoms with Crippen molar-refractivity contribution in [2.24, 2.45) is 5.73 Å². The Bertz CT molecular complexity index is 447. The summed E-state index contributed by atoms with van der Waals surface area (Å²) in [7, 11) is 0. The molecule has 1 aliphatic rings. The molecule has 2 amide bonds. The maximum atomic E-state index is 12.2. The Labute approximate surface area is 112 Å². The maximum Gasteiger partial charge on any atom is 0.239 e. The second kappa shape index (κ2) is 6.33. The molecular formula is C14H19N3O2. The van der Waals surface area contributed by atoms with Crippen LogP contribution in [0.25, 0.3) is 0 Å². The molecule has 1 aromatic carbocycles. The zero-order valence-electron chi connectivity index (χ0n) is 10.8. The highest BCUT2D eigenvalue weighted by Crippen LogP contribution is 2.06. The molecule has 102 valence electrons. The van der Waals surface area contributed by atoms with Gasteiger partial charge in [0.15, 0.2) is 0 Å². The van der Waals surface area contributed by atoms with Crippen LogP contribution < -0.4 is 11.1 Å². The fraction of sp³-hybridized carbons (Fsp3) is 0.429. The molecule has 3 N–H and O–H groups in total. The molecule has 0 radical (unpaired) electrons. The van der Waals surface area contributed by atoms with Gasteiger partial charge in [-0.3, -0.25) is 9.59 Å². The van der Waals surface area contributed by atoms with Crippen molar-refractivity contribution in [2.75, 3.05) is 19.6 Å². The highest BCUT2D eigenvalue weighted by atomic mass is 16.2. The lowest BCUT2D eigenvalue weighted by atomic mass is 10.1. The number of nitrogens with zero attached hydrogens (tertiary/aromatic N) is 1. The van der Waals surface area contributed by atoms with Gasteiger partial charge < -0.3 is 16.0 Å². The van der Waals surface area contributed by atoms with Crippen molar-refractivity contribution in [1.82, 2.24) is 10.2 Å². The van der Waals surface area contributed by atoms with E-state index >= 15 is 0 Å². The minimum atomic E-state index is -0.546. The van der Waals surface area contributed by atoms with E-state index in [-0.39, 0.29) is 11.8 Å². The van der Waals surface area contributed by atoms with E-state index in [0.717, 1.165) is 5.56 Å². The first-order valence-electron chi connectivity index (χ1n) is 6.52. The number of benzene rings is 1. The zero-order chi connectivity index (χ0) is 13.7. The molecule has 0 saturated carbocycles. The molecule has 1 atom stereocenters. The van der Waals surface area contributed by atoms with Gasteiger partial charge in [0.05, 0.1) is 6.04 Å². The van der Waals surface area contributed by atoms with Gasteiger partial charge >= 0.3 is 0 Å². The average molecular weight is 261 g/mol. The number of hydrogen-bond acceptors (Lipinski definition) is 3. The minimum Gasteiger partial charge on any atom is -0.354 e. The topological polar surface area (TPSA) is 75.4 Å². The Morgan fingerprint density at radius 1 is 1.32 bits per heavy atom. The van der Waals surface area contributed by atoms with E-state index < -0.39 is 6.04 Å². The molecule has 0 aromatic heterocycles. The van der Waals surface area contributed by atoms with Gasteiger partial charge in [-0.1, -0.05) is 30.3 Å². The molecule has 0 unspecified atom stereocenters. The SMILES string of the molecule is N[C@@H](Cc1ccccc1)C(=O)N1CCNC(=O)CC1. The van der Waals surface area contributed by atoms with Crippen LogP contribution in [0.1, 0.15) is 12.0 Å². The van der Waals surface area contributed by atoms with E-state index in [0.29, 0.717) is 32.5 Å². The molecule has 5 nitrogen and oxygen atoms in total. The van der Waals surface area contributed by atoms with Crippen molar-refractivity contribution in [3.63, 3.8) is 0 Å². The van der Waals surface area contributed by atoms with Crippen LogP contribution in [0.4, 0.5) is 0 Å². The number of amides is 2. The fourth-order valence-electron chi connectivity index (χ4n) is 2.18. The summed E-state index contributed by atoms with van der Waals surface area (Å²) in [6, 6.07) is 9.17. The summed E-state index contributed by atoms with van der Waals surface area (Å²) in [5.74, 6) is -0.0905. The molecule has 1 aliphatic heterocycles. The first-order valence-corrected chi connectivity index (χ1v) is 6.52. The lowest BCUT2D eigenvalue weighted by Crippen LogP contribution is -2.46. The normalized spacial score (nSPS) is 17.5. The van der Waals surface area contributed by atoms with Crippen molar-refractivity contribution in [2.45, 2.75) is 18.9 Å². The van der Waals surface area contributed by atoms with Crippen LogP contribution in [0.2, 0.25) is 0 Å². The summed E-state index contributed by atoms with van der Waals surface area (Å²) in [6.07, 6.45) is 0.876. The quantitative estimate of drug-likeness (QED) is 0.798. The summed E-state index contributed by atoms with van der Waals surface area (Å²) in [5, 5.41) is 2.74. The Hall–Kier alpha value is -1.88. The fourth-order valence-corrected chi connectivity index (χ4v) is 2.18. The Morgan fingerprint density at radius 2 is 2.05 bits per heavy atom. The van der Waals surface area contributed by atoms with Gasteiger partial charge in [0.2, 0.25) is 11.8 Å². The van der Waals surface area contributed by atoms with Gasteiger partial charge in [-0.05, 0) is 12.0 Å². The molecule has 1 heterocycles. The molecule has 5 heteroatoms. The molecule has 1 fully saturated rings. The number of nitrogens with two attached hydrogens (primary N) is 1. The predicted octanol–water partition coefficient (Wildman–Crippen LogP) is -0.0951. The number of carbonyl (C=O) groups is 2. The first-order chi connectivity index (χ1) is 9.16. The summed E-state index contributed by atoms with van der Waals surface area (Å²) in [5.41, 5.74) is 7.02. The Morgan fingerprint density at radius 3 is 2.79 bits per heavy atom. The van der Waals surface area contributed by atoms with Gasteiger partial charge in [-0.15, -0.1) is 0 Å². The Balaban J connectivity index is 1.93. The van der Waals surface area contributed by atoms with Gasteiger partial charge in [0.25, 0.3) is 0 Å². The number of nitrogens with one attached hydrogen (secondary N) is 1. The third-order valence-corrected chi connectivity index (χ3v) is 3.24. The Kier molecular flexibility index (Phi) is 4.52. The van der Waals surface area contributed by atoms with Crippen molar-refractivity contribution in [3.05, 3.63) is 35.9 Å². The van der Waals surface area contributed by atoms with Gasteiger partial charge in [-0.25, -0.2) is 0 Å². The monoisotopic (exact) mass is 261 g/mol. The number of hydrogen-bond donors (Lipinski definition) is 2.